The van der Waals surface area contributed by atoms with Gasteiger partial charge in [-0.1, -0.05) is 13.0 Å². The number of carbonyl (C=O) groups is 3. The van der Waals surface area contributed by atoms with Gasteiger partial charge < -0.3 is 29.0 Å². The number of hydrogen-bond donors (Lipinski definition) is 1. The average Bonchev–Trinajstić information content (AvgIpc) is 2.81. The first-order valence-corrected chi connectivity index (χ1v) is 11.4. The van der Waals surface area contributed by atoms with Crippen LogP contribution >= 0.6 is 0 Å². The minimum Gasteiger partial charge on any atom is -0.493 e. The molecule has 3 atom stereocenters. The van der Waals surface area contributed by atoms with Crippen LogP contribution in [0.4, 0.5) is 0 Å². The maximum absolute atomic E-state index is 13.9. The minimum atomic E-state index is -0.991. The fraction of sp³-hybridized carbons (Fsp3) is 0.500. The summed E-state index contributed by atoms with van der Waals surface area (Å²) in [6.45, 7) is 7.10. The summed E-state index contributed by atoms with van der Waals surface area (Å²) in [5.74, 6) is -2.65. The molecule has 0 bridgehead atoms. The first kappa shape index (κ1) is 26.1. The number of ketones is 1. The third-order valence-electron chi connectivity index (χ3n) is 6.35. The van der Waals surface area contributed by atoms with E-state index in [2.05, 4.69) is 5.32 Å². The van der Waals surface area contributed by atoms with E-state index in [0.717, 1.165) is 0 Å². The maximum Gasteiger partial charge on any atom is 0.337 e. The van der Waals surface area contributed by atoms with Crippen LogP contribution in [0.5, 0.6) is 17.2 Å². The van der Waals surface area contributed by atoms with Gasteiger partial charge in [0.25, 0.3) is 0 Å². The van der Waals surface area contributed by atoms with E-state index < -0.39 is 29.6 Å². The molecule has 1 aliphatic carbocycles. The van der Waals surface area contributed by atoms with Crippen LogP contribution in [0.3, 0.4) is 0 Å². The summed E-state index contributed by atoms with van der Waals surface area (Å²) in [5.41, 5.74) is 2.30. The zero-order valence-electron chi connectivity index (χ0n) is 21.4. The molecule has 9 nitrogen and oxygen atoms in total. The van der Waals surface area contributed by atoms with Crippen molar-refractivity contribution in [1.29, 1.82) is 0 Å². The third-order valence-corrected chi connectivity index (χ3v) is 6.35. The van der Waals surface area contributed by atoms with Crippen molar-refractivity contribution in [2.45, 2.75) is 46.1 Å². The smallest absolute Gasteiger partial charge is 0.337 e. The summed E-state index contributed by atoms with van der Waals surface area (Å²) >= 11 is 0. The Labute approximate surface area is 205 Å². The largest absolute Gasteiger partial charge is 0.493 e. The van der Waals surface area contributed by atoms with E-state index in [9.17, 15) is 14.4 Å². The molecule has 0 fully saturated rings. The highest BCUT2D eigenvalue weighted by Gasteiger charge is 2.48. The van der Waals surface area contributed by atoms with Gasteiger partial charge in [0.1, 0.15) is 5.92 Å². The Morgan fingerprint density at radius 3 is 2.23 bits per heavy atom. The predicted octanol–water partition coefficient (Wildman–Crippen LogP) is 3.28. The summed E-state index contributed by atoms with van der Waals surface area (Å²) in [4.78, 5) is 39.8. The van der Waals surface area contributed by atoms with Crippen molar-refractivity contribution in [3.8, 4) is 17.2 Å². The lowest BCUT2D eigenvalue weighted by molar-refractivity contribution is -0.151. The van der Waals surface area contributed by atoms with Crippen molar-refractivity contribution in [2.24, 2.45) is 11.8 Å². The Morgan fingerprint density at radius 2 is 1.69 bits per heavy atom. The minimum absolute atomic E-state index is 0.259. The van der Waals surface area contributed by atoms with Crippen LogP contribution in [0, 0.1) is 11.8 Å². The molecule has 0 saturated carbocycles. The van der Waals surface area contributed by atoms with Gasteiger partial charge in [-0.3, -0.25) is 9.59 Å². The van der Waals surface area contributed by atoms with Crippen LogP contribution in [-0.4, -0.2) is 52.3 Å². The molecule has 0 unspecified atom stereocenters. The van der Waals surface area contributed by atoms with Gasteiger partial charge in [0.2, 0.25) is 5.75 Å². The second kappa shape index (κ2) is 10.4. The molecule has 9 heteroatoms. The molecule has 1 N–H and O–H groups in total. The molecule has 0 saturated heterocycles. The zero-order chi connectivity index (χ0) is 26.0. The summed E-state index contributed by atoms with van der Waals surface area (Å²) in [6.07, 6.45) is 0.0487. The van der Waals surface area contributed by atoms with Gasteiger partial charge in [0.15, 0.2) is 17.3 Å². The second-order valence-electron chi connectivity index (χ2n) is 8.91. The Bertz CT molecular complexity index is 1100. The number of methoxy groups -OCH3 is 4. The van der Waals surface area contributed by atoms with Gasteiger partial charge in [-0.05, 0) is 39.2 Å². The average molecular weight is 488 g/mol. The van der Waals surface area contributed by atoms with Crippen molar-refractivity contribution in [3.05, 3.63) is 40.2 Å². The molecular formula is C26H33NO8. The molecule has 35 heavy (non-hydrogen) atoms. The molecule has 1 aromatic rings. The highest BCUT2D eigenvalue weighted by atomic mass is 16.5. The Balaban J connectivity index is 2.32. The zero-order valence-corrected chi connectivity index (χ0v) is 21.4. The van der Waals surface area contributed by atoms with E-state index >= 15 is 0 Å². The molecule has 0 amide bonds. The Kier molecular flexibility index (Phi) is 7.77. The van der Waals surface area contributed by atoms with Gasteiger partial charge in [0.05, 0.1) is 46.0 Å². The lowest BCUT2D eigenvalue weighted by atomic mass is 9.69. The molecule has 0 radical (unpaired) electrons. The number of dihydropyridines is 1. The number of allylic oxidation sites excluding steroid dienone is 3. The summed E-state index contributed by atoms with van der Waals surface area (Å²) < 4.78 is 27.2. The summed E-state index contributed by atoms with van der Waals surface area (Å²) in [7, 11) is 5.72. The fourth-order valence-electron chi connectivity index (χ4n) is 4.89. The lowest BCUT2D eigenvalue weighted by Gasteiger charge is -2.38. The van der Waals surface area contributed by atoms with Crippen molar-refractivity contribution in [2.75, 3.05) is 28.4 Å². The van der Waals surface area contributed by atoms with Crippen molar-refractivity contribution >= 4 is 17.7 Å². The summed E-state index contributed by atoms with van der Waals surface area (Å²) in [5, 5.41) is 3.24. The SMILES string of the molecule is COC(=O)[C@H]1C(=O)C2=C(C[C@H]1C)NC(C)=C(C(=O)OC(C)C)[C@@H]2c1ccc(OC)c(OC)c1OC. The quantitative estimate of drug-likeness (QED) is 0.458. The number of esters is 2. The fourth-order valence-corrected chi connectivity index (χ4v) is 4.89. The Morgan fingerprint density at radius 1 is 1.03 bits per heavy atom. The number of ether oxygens (including phenoxy) is 5. The van der Waals surface area contributed by atoms with E-state index in [-0.39, 0.29) is 17.6 Å². The van der Waals surface area contributed by atoms with Crippen LogP contribution < -0.4 is 19.5 Å². The molecular weight excluding hydrogens is 454 g/mol. The number of rotatable bonds is 7. The first-order chi connectivity index (χ1) is 16.6. The van der Waals surface area contributed by atoms with Gasteiger partial charge in [0, 0.05) is 22.5 Å². The molecule has 1 aromatic carbocycles. The molecule has 3 rings (SSSR count). The number of nitrogens with one attached hydrogen (secondary N) is 1. The third kappa shape index (κ3) is 4.59. The van der Waals surface area contributed by atoms with Crippen molar-refractivity contribution < 1.29 is 38.1 Å². The van der Waals surface area contributed by atoms with E-state index in [0.29, 0.717) is 46.2 Å². The number of hydrogen-bond acceptors (Lipinski definition) is 9. The first-order valence-electron chi connectivity index (χ1n) is 11.4. The van der Waals surface area contributed by atoms with Gasteiger partial charge in [-0.2, -0.15) is 0 Å². The predicted molar refractivity (Wildman–Crippen MR) is 127 cm³/mol. The topological polar surface area (TPSA) is 109 Å². The van der Waals surface area contributed by atoms with Crippen LogP contribution in [0.15, 0.2) is 34.7 Å². The van der Waals surface area contributed by atoms with Crippen LogP contribution in [0.25, 0.3) is 0 Å². The van der Waals surface area contributed by atoms with E-state index in [1.54, 1.807) is 32.9 Å². The van der Waals surface area contributed by atoms with Crippen molar-refractivity contribution in [1.82, 2.24) is 5.32 Å². The Hall–Kier alpha value is -3.49. The molecule has 1 heterocycles. The summed E-state index contributed by atoms with van der Waals surface area (Å²) in [6, 6.07) is 3.42. The van der Waals surface area contributed by atoms with E-state index in [1.807, 2.05) is 6.92 Å². The molecule has 0 spiro atoms. The normalized spacial score (nSPS) is 21.9. The number of carbonyl (C=O) groups excluding carboxylic acids is 3. The molecule has 190 valence electrons. The van der Waals surface area contributed by atoms with Gasteiger partial charge in [-0.25, -0.2) is 4.79 Å². The van der Waals surface area contributed by atoms with Crippen LogP contribution in [0.1, 0.15) is 45.6 Å². The van der Waals surface area contributed by atoms with Gasteiger partial charge in [-0.15, -0.1) is 0 Å². The standard InChI is InChI=1S/C26H33NO8/c1-12(2)35-26(30)19-14(4)27-16-11-13(3)18(25(29)34-8)22(28)21(16)20(19)15-9-10-17(31-5)24(33-7)23(15)32-6/h9-10,12-13,18,20,27H,11H2,1-8H3/t13-,18-,20+/m1/s1. The molecule has 1 aliphatic heterocycles. The van der Waals surface area contributed by atoms with Crippen LogP contribution in [-0.2, 0) is 23.9 Å². The highest BCUT2D eigenvalue weighted by molar-refractivity contribution is 6.12. The maximum atomic E-state index is 13.9. The lowest BCUT2D eigenvalue weighted by Crippen LogP contribution is -2.43. The van der Waals surface area contributed by atoms with Crippen LogP contribution in [0.2, 0.25) is 0 Å². The van der Waals surface area contributed by atoms with Gasteiger partial charge >= 0.3 is 11.9 Å². The van der Waals surface area contributed by atoms with Crippen molar-refractivity contribution in [3.63, 3.8) is 0 Å². The number of Topliss-reactive ketones (excluding diaryl/α,β-unsaturated/α-hetero) is 1. The van der Waals surface area contributed by atoms with E-state index in [4.69, 9.17) is 23.7 Å². The number of benzene rings is 1. The van der Waals surface area contributed by atoms with E-state index in [1.165, 1.54) is 28.4 Å². The molecule has 0 aromatic heterocycles. The monoisotopic (exact) mass is 487 g/mol. The second-order valence-corrected chi connectivity index (χ2v) is 8.91. The highest BCUT2D eigenvalue weighted by Crippen LogP contribution is 2.51. The molecule has 2 aliphatic rings.